The SMILES string of the molecule is CCCCn1c(-c2ccccc2)nc(C(F)(F)F)c1CN(Cc1ccc(C(=O)O)cc1)Cc1cccc(OC(F)F)c1. The maximum absolute atomic E-state index is 14.4. The number of nitrogens with zero attached hydrogens (tertiary/aromatic N) is 3. The van der Waals surface area contributed by atoms with Crippen molar-refractivity contribution in [2.24, 2.45) is 0 Å². The molecule has 0 aliphatic carbocycles. The number of aromatic nitrogens is 2. The van der Waals surface area contributed by atoms with Crippen LogP contribution in [0.5, 0.6) is 5.75 Å². The van der Waals surface area contributed by atoms with Crippen LogP contribution in [-0.2, 0) is 32.4 Å². The lowest BCUT2D eigenvalue weighted by Crippen LogP contribution is -2.26. The standard InChI is InChI=1S/C31H30F5N3O3/c1-2-3-16-39-26(27(31(34,35)36)37-28(39)23-9-5-4-6-10-23)20-38(18-21-12-14-24(15-13-21)29(40)41)19-22-8-7-11-25(17-22)42-30(32)33/h4-15,17,30H,2-3,16,18-20H2,1H3,(H,40,41). The van der Waals surface area contributed by atoms with Crippen molar-refractivity contribution in [3.8, 4) is 17.1 Å². The van der Waals surface area contributed by atoms with E-state index < -0.39 is 24.5 Å². The topological polar surface area (TPSA) is 67.6 Å². The van der Waals surface area contributed by atoms with Crippen LogP contribution in [0.3, 0.4) is 0 Å². The van der Waals surface area contributed by atoms with Crippen molar-refractivity contribution in [3.63, 3.8) is 0 Å². The van der Waals surface area contributed by atoms with Crippen molar-refractivity contribution >= 4 is 5.97 Å². The number of carbonyl (C=O) groups is 1. The van der Waals surface area contributed by atoms with E-state index in [0.717, 1.165) is 6.42 Å². The van der Waals surface area contributed by atoms with Gasteiger partial charge in [0.2, 0.25) is 0 Å². The van der Waals surface area contributed by atoms with Gasteiger partial charge in [0.1, 0.15) is 11.6 Å². The summed E-state index contributed by atoms with van der Waals surface area (Å²) in [7, 11) is 0. The molecule has 4 rings (SSSR count). The normalized spacial score (nSPS) is 11.8. The van der Waals surface area contributed by atoms with Gasteiger partial charge in [-0.1, -0.05) is 67.9 Å². The molecule has 6 nitrogen and oxygen atoms in total. The van der Waals surface area contributed by atoms with Crippen molar-refractivity contribution in [1.82, 2.24) is 14.5 Å². The largest absolute Gasteiger partial charge is 0.478 e. The summed E-state index contributed by atoms with van der Waals surface area (Å²) in [4.78, 5) is 17.1. The lowest BCUT2D eigenvalue weighted by atomic mass is 10.1. The van der Waals surface area contributed by atoms with E-state index in [0.29, 0.717) is 29.7 Å². The van der Waals surface area contributed by atoms with Crippen molar-refractivity contribution in [1.29, 1.82) is 0 Å². The molecule has 0 amide bonds. The van der Waals surface area contributed by atoms with E-state index in [2.05, 4.69) is 9.72 Å². The Morgan fingerprint density at radius 1 is 0.952 bits per heavy atom. The van der Waals surface area contributed by atoms with Crippen molar-refractivity contribution in [2.45, 2.75) is 58.7 Å². The molecule has 1 aromatic heterocycles. The first kappa shape index (κ1) is 30.7. The van der Waals surface area contributed by atoms with E-state index in [9.17, 15) is 31.9 Å². The summed E-state index contributed by atoms with van der Waals surface area (Å²) in [6.45, 7) is -0.681. The van der Waals surface area contributed by atoms with E-state index in [1.54, 1.807) is 58.0 Å². The molecule has 0 saturated heterocycles. The van der Waals surface area contributed by atoms with Gasteiger partial charge < -0.3 is 14.4 Å². The van der Waals surface area contributed by atoms with Crippen LogP contribution >= 0.6 is 0 Å². The second-order valence-electron chi connectivity index (χ2n) is 9.77. The first-order valence-electron chi connectivity index (χ1n) is 13.4. The van der Waals surface area contributed by atoms with Gasteiger partial charge >= 0.3 is 18.8 Å². The van der Waals surface area contributed by atoms with Gasteiger partial charge in [-0.2, -0.15) is 22.0 Å². The number of unbranched alkanes of at least 4 members (excludes halogenated alkanes) is 1. The quantitative estimate of drug-likeness (QED) is 0.161. The summed E-state index contributed by atoms with van der Waals surface area (Å²) >= 11 is 0. The van der Waals surface area contributed by atoms with Gasteiger partial charge in [0.05, 0.1) is 11.3 Å². The number of carboxylic acids is 1. The van der Waals surface area contributed by atoms with E-state index in [1.165, 1.54) is 30.3 Å². The second-order valence-corrected chi connectivity index (χ2v) is 9.77. The predicted molar refractivity (Wildman–Crippen MR) is 147 cm³/mol. The summed E-state index contributed by atoms with van der Waals surface area (Å²) in [5, 5.41) is 9.25. The molecule has 11 heteroatoms. The van der Waals surface area contributed by atoms with Crippen LogP contribution in [0.1, 0.15) is 52.6 Å². The third kappa shape index (κ3) is 7.94. The molecule has 0 radical (unpaired) electrons. The monoisotopic (exact) mass is 587 g/mol. The first-order valence-corrected chi connectivity index (χ1v) is 13.4. The number of benzene rings is 3. The van der Waals surface area contributed by atoms with Crippen molar-refractivity contribution in [2.75, 3.05) is 0 Å². The van der Waals surface area contributed by atoms with Gasteiger partial charge in [0, 0.05) is 31.7 Å². The fourth-order valence-corrected chi connectivity index (χ4v) is 4.71. The molecule has 0 aliphatic rings. The molecular formula is C31H30F5N3O3. The Labute approximate surface area is 240 Å². The molecule has 0 fully saturated rings. The molecule has 0 unspecified atom stereocenters. The highest BCUT2D eigenvalue weighted by Crippen LogP contribution is 2.36. The lowest BCUT2D eigenvalue weighted by molar-refractivity contribution is -0.141. The van der Waals surface area contributed by atoms with Crippen LogP contribution in [0.15, 0.2) is 78.9 Å². The predicted octanol–water partition coefficient (Wildman–Crippen LogP) is 7.87. The third-order valence-corrected chi connectivity index (χ3v) is 6.62. The van der Waals surface area contributed by atoms with E-state index in [4.69, 9.17) is 0 Å². The number of aromatic carboxylic acids is 1. The Morgan fingerprint density at radius 2 is 1.64 bits per heavy atom. The maximum Gasteiger partial charge on any atom is 0.435 e. The number of imidazole rings is 1. The molecule has 0 atom stereocenters. The Morgan fingerprint density at radius 3 is 2.26 bits per heavy atom. The third-order valence-electron chi connectivity index (χ3n) is 6.62. The minimum absolute atomic E-state index is 0.0167. The fraction of sp³-hybridized carbons (Fsp3) is 0.290. The van der Waals surface area contributed by atoms with Crippen LogP contribution in [0.25, 0.3) is 11.4 Å². The Balaban J connectivity index is 1.78. The minimum atomic E-state index is -4.73. The zero-order chi connectivity index (χ0) is 30.3. The van der Waals surface area contributed by atoms with E-state index in [-0.39, 0.29) is 42.5 Å². The van der Waals surface area contributed by atoms with Gasteiger partial charge in [0.15, 0.2) is 5.69 Å². The number of carboxylic acid groups (broad SMARTS) is 1. The molecule has 1 N–H and O–H groups in total. The number of ether oxygens (including phenoxy) is 1. The number of halogens is 5. The molecule has 0 saturated carbocycles. The summed E-state index contributed by atoms with van der Waals surface area (Å²) in [5.74, 6) is -0.953. The van der Waals surface area contributed by atoms with Crippen LogP contribution in [0.4, 0.5) is 22.0 Å². The number of rotatable bonds is 13. The molecule has 0 aliphatic heterocycles. The molecule has 4 aromatic rings. The highest BCUT2D eigenvalue weighted by Gasteiger charge is 2.39. The molecule has 3 aromatic carbocycles. The van der Waals surface area contributed by atoms with Crippen LogP contribution in [0.2, 0.25) is 0 Å². The zero-order valence-electron chi connectivity index (χ0n) is 22.8. The smallest absolute Gasteiger partial charge is 0.435 e. The summed E-state index contributed by atoms with van der Waals surface area (Å²) in [6, 6.07) is 20.7. The average Bonchev–Trinajstić information content (AvgIpc) is 3.31. The van der Waals surface area contributed by atoms with Gasteiger partial charge in [-0.3, -0.25) is 4.90 Å². The van der Waals surface area contributed by atoms with Crippen LogP contribution in [0, 0.1) is 0 Å². The minimum Gasteiger partial charge on any atom is -0.478 e. The summed E-state index contributed by atoms with van der Waals surface area (Å²) < 4.78 is 75.1. The van der Waals surface area contributed by atoms with Crippen LogP contribution in [-0.4, -0.2) is 32.1 Å². The van der Waals surface area contributed by atoms with Gasteiger partial charge in [-0.15, -0.1) is 0 Å². The zero-order valence-corrected chi connectivity index (χ0v) is 22.8. The lowest BCUT2D eigenvalue weighted by Gasteiger charge is -2.25. The average molecular weight is 588 g/mol. The summed E-state index contributed by atoms with van der Waals surface area (Å²) in [6.07, 6.45) is -3.34. The fourth-order valence-electron chi connectivity index (χ4n) is 4.71. The van der Waals surface area contributed by atoms with Gasteiger partial charge in [-0.05, 0) is 41.8 Å². The van der Waals surface area contributed by atoms with E-state index >= 15 is 0 Å². The molecule has 1 heterocycles. The Kier molecular flexibility index (Phi) is 9.95. The highest BCUT2D eigenvalue weighted by molar-refractivity contribution is 5.87. The molecular weight excluding hydrogens is 557 g/mol. The number of hydrogen-bond acceptors (Lipinski definition) is 4. The highest BCUT2D eigenvalue weighted by atomic mass is 19.4. The van der Waals surface area contributed by atoms with Crippen molar-refractivity contribution in [3.05, 3.63) is 107 Å². The van der Waals surface area contributed by atoms with E-state index in [1.807, 2.05) is 6.92 Å². The van der Waals surface area contributed by atoms with Crippen LogP contribution < -0.4 is 4.74 Å². The second kappa shape index (κ2) is 13.6. The number of alkyl halides is 5. The molecule has 0 bridgehead atoms. The van der Waals surface area contributed by atoms with Gasteiger partial charge in [0.25, 0.3) is 0 Å². The summed E-state index contributed by atoms with van der Waals surface area (Å²) in [5.41, 5.74) is 0.836. The Hall–Kier alpha value is -4.25. The molecule has 0 spiro atoms. The Bertz CT molecular complexity index is 1470. The molecule has 222 valence electrons. The van der Waals surface area contributed by atoms with Crippen molar-refractivity contribution < 1.29 is 36.6 Å². The maximum atomic E-state index is 14.4. The van der Waals surface area contributed by atoms with Gasteiger partial charge in [-0.25, -0.2) is 9.78 Å². The number of hydrogen-bond donors (Lipinski definition) is 1. The molecule has 42 heavy (non-hydrogen) atoms. The first-order chi connectivity index (χ1) is 20.0.